The highest BCUT2D eigenvalue weighted by molar-refractivity contribution is 6.04. The molecule has 35 heavy (non-hydrogen) atoms. The molecule has 7 heteroatoms. The molecule has 0 bridgehead atoms. The lowest BCUT2D eigenvalue weighted by Gasteiger charge is -2.26. The number of furan rings is 1. The van der Waals surface area contributed by atoms with E-state index in [9.17, 15) is 14.0 Å². The first kappa shape index (κ1) is 22.4. The molecule has 4 aromatic rings. The van der Waals surface area contributed by atoms with Crippen LogP contribution in [-0.4, -0.2) is 30.4 Å². The van der Waals surface area contributed by atoms with Gasteiger partial charge in [-0.1, -0.05) is 12.1 Å². The summed E-state index contributed by atoms with van der Waals surface area (Å²) >= 11 is 0. The molecule has 176 valence electrons. The van der Waals surface area contributed by atoms with Crippen LogP contribution in [0.4, 0.5) is 10.1 Å². The number of ether oxygens (including phenoxy) is 1. The summed E-state index contributed by atoms with van der Waals surface area (Å²) in [5, 5.41) is 2.77. The van der Waals surface area contributed by atoms with E-state index < -0.39 is 5.82 Å². The van der Waals surface area contributed by atoms with Gasteiger partial charge in [0.15, 0.2) is 0 Å². The maximum atomic E-state index is 13.4. The number of anilines is 1. The van der Waals surface area contributed by atoms with Gasteiger partial charge in [0.2, 0.25) is 0 Å². The molecular weight excluding hydrogens is 447 g/mol. The van der Waals surface area contributed by atoms with Gasteiger partial charge in [0.05, 0.1) is 7.11 Å². The van der Waals surface area contributed by atoms with Gasteiger partial charge >= 0.3 is 0 Å². The molecule has 0 unspecified atom stereocenters. The zero-order chi connectivity index (χ0) is 24.4. The van der Waals surface area contributed by atoms with Crippen molar-refractivity contribution in [1.29, 1.82) is 0 Å². The van der Waals surface area contributed by atoms with E-state index in [0.717, 1.165) is 16.9 Å². The summed E-state index contributed by atoms with van der Waals surface area (Å²) in [4.78, 5) is 27.1. The standard InChI is InChI=1S/C28H23FN2O4/c1-34-24-7-3-5-20(15-24)28(33)31-13-12-25-21(17-31)16-26(35-25)18-8-10-23(11-9-18)30-27(32)19-4-2-6-22(29)14-19/h2-11,14-16H,12-13,17H2,1H3,(H,30,32). The lowest BCUT2D eigenvalue weighted by molar-refractivity contribution is 0.0729. The number of hydrogen-bond acceptors (Lipinski definition) is 4. The molecule has 0 aliphatic carbocycles. The maximum absolute atomic E-state index is 13.4. The van der Waals surface area contributed by atoms with Crippen LogP contribution in [0, 0.1) is 5.82 Å². The van der Waals surface area contributed by atoms with Crippen molar-refractivity contribution in [1.82, 2.24) is 4.90 Å². The average molecular weight is 471 g/mol. The molecule has 1 aliphatic heterocycles. The van der Waals surface area contributed by atoms with Crippen LogP contribution < -0.4 is 10.1 Å². The Morgan fingerprint density at radius 3 is 2.51 bits per heavy atom. The van der Waals surface area contributed by atoms with Crippen molar-refractivity contribution in [3.05, 3.63) is 107 Å². The Morgan fingerprint density at radius 2 is 1.74 bits per heavy atom. The summed E-state index contributed by atoms with van der Waals surface area (Å²) in [5.74, 6) is 1.34. The molecule has 0 saturated heterocycles. The van der Waals surface area contributed by atoms with Crippen LogP contribution in [0.25, 0.3) is 11.3 Å². The zero-order valence-electron chi connectivity index (χ0n) is 19.1. The largest absolute Gasteiger partial charge is 0.497 e. The first-order valence-corrected chi connectivity index (χ1v) is 11.2. The second kappa shape index (κ2) is 9.46. The minimum Gasteiger partial charge on any atom is -0.497 e. The fourth-order valence-electron chi connectivity index (χ4n) is 4.14. The third-order valence-corrected chi connectivity index (χ3v) is 5.98. The number of hydrogen-bond donors (Lipinski definition) is 1. The van der Waals surface area contributed by atoms with Crippen LogP contribution in [0.3, 0.4) is 0 Å². The van der Waals surface area contributed by atoms with Crippen molar-refractivity contribution < 1.29 is 23.1 Å². The predicted molar refractivity (Wildman–Crippen MR) is 130 cm³/mol. The Hall–Kier alpha value is -4.39. The fourth-order valence-corrected chi connectivity index (χ4v) is 4.14. The van der Waals surface area contributed by atoms with E-state index in [-0.39, 0.29) is 17.4 Å². The molecule has 0 saturated carbocycles. The Morgan fingerprint density at radius 1 is 0.971 bits per heavy atom. The van der Waals surface area contributed by atoms with Crippen molar-refractivity contribution in [2.45, 2.75) is 13.0 Å². The summed E-state index contributed by atoms with van der Waals surface area (Å²) in [7, 11) is 1.58. The molecule has 3 aromatic carbocycles. The third kappa shape index (κ3) is 4.80. The van der Waals surface area contributed by atoms with Crippen molar-refractivity contribution in [2.75, 3.05) is 19.0 Å². The van der Waals surface area contributed by atoms with Gasteiger partial charge in [0.25, 0.3) is 11.8 Å². The van der Waals surface area contributed by atoms with Crippen molar-refractivity contribution in [2.24, 2.45) is 0 Å². The van der Waals surface area contributed by atoms with E-state index >= 15 is 0 Å². The number of halogens is 1. The molecule has 2 amide bonds. The Labute approximate surface area is 201 Å². The predicted octanol–water partition coefficient (Wildman–Crippen LogP) is 5.55. The lowest BCUT2D eigenvalue weighted by atomic mass is 10.1. The summed E-state index contributed by atoms with van der Waals surface area (Å²) in [5.41, 5.74) is 3.27. The molecule has 1 aliphatic rings. The molecule has 6 nitrogen and oxygen atoms in total. The van der Waals surface area contributed by atoms with Crippen molar-refractivity contribution in [3.63, 3.8) is 0 Å². The van der Waals surface area contributed by atoms with Crippen LogP contribution in [-0.2, 0) is 13.0 Å². The number of methoxy groups -OCH3 is 1. The van der Waals surface area contributed by atoms with E-state index in [2.05, 4.69) is 5.32 Å². The quantitative estimate of drug-likeness (QED) is 0.415. The monoisotopic (exact) mass is 470 g/mol. The first-order chi connectivity index (χ1) is 17.0. The van der Waals surface area contributed by atoms with Gasteiger partial charge in [-0.05, 0) is 66.7 Å². The van der Waals surface area contributed by atoms with E-state index in [0.29, 0.717) is 42.3 Å². The highest BCUT2D eigenvalue weighted by Gasteiger charge is 2.25. The molecule has 1 N–H and O–H groups in total. The van der Waals surface area contributed by atoms with Crippen molar-refractivity contribution in [3.8, 4) is 17.1 Å². The molecule has 0 atom stereocenters. The number of benzene rings is 3. The number of rotatable bonds is 5. The molecular formula is C28H23FN2O4. The van der Waals surface area contributed by atoms with Crippen LogP contribution in [0.2, 0.25) is 0 Å². The summed E-state index contributed by atoms with van der Waals surface area (Å²) in [6.07, 6.45) is 0.632. The number of amides is 2. The van der Waals surface area contributed by atoms with Crippen molar-refractivity contribution >= 4 is 17.5 Å². The number of fused-ring (bicyclic) bond motifs is 1. The third-order valence-electron chi connectivity index (χ3n) is 5.98. The van der Waals surface area contributed by atoms with Gasteiger partial charge in [-0.15, -0.1) is 0 Å². The van der Waals surface area contributed by atoms with E-state index in [1.807, 2.05) is 30.3 Å². The highest BCUT2D eigenvalue weighted by Crippen LogP contribution is 2.31. The van der Waals surface area contributed by atoms with Crippen LogP contribution in [0.15, 0.2) is 83.3 Å². The normalized spacial score (nSPS) is 12.7. The van der Waals surface area contributed by atoms with E-state index in [1.54, 1.807) is 42.3 Å². The van der Waals surface area contributed by atoms with Gasteiger partial charge in [-0.3, -0.25) is 9.59 Å². The number of nitrogens with one attached hydrogen (secondary N) is 1. The molecule has 1 aromatic heterocycles. The summed E-state index contributed by atoms with van der Waals surface area (Å²) in [6, 6.07) is 21.9. The second-order valence-electron chi connectivity index (χ2n) is 8.31. The smallest absolute Gasteiger partial charge is 0.255 e. The van der Waals surface area contributed by atoms with Gasteiger partial charge in [0.1, 0.15) is 23.1 Å². The van der Waals surface area contributed by atoms with E-state index in [4.69, 9.17) is 9.15 Å². The van der Waals surface area contributed by atoms with Gasteiger partial charge < -0.3 is 19.4 Å². The Balaban J connectivity index is 1.28. The highest BCUT2D eigenvalue weighted by atomic mass is 19.1. The van der Waals surface area contributed by atoms with Gasteiger partial charge in [-0.25, -0.2) is 4.39 Å². The van der Waals surface area contributed by atoms with Gasteiger partial charge in [-0.2, -0.15) is 0 Å². The van der Waals surface area contributed by atoms with Gasteiger partial charge in [0, 0.05) is 47.5 Å². The van der Waals surface area contributed by atoms with Crippen LogP contribution in [0.5, 0.6) is 5.75 Å². The fraction of sp³-hybridized carbons (Fsp3) is 0.143. The molecule has 0 fully saturated rings. The lowest BCUT2D eigenvalue weighted by Crippen LogP contribution is -2.35. The Kier molecular flexibility index (Phi) is 6.06. The van der Waals surface area contributed by atoms with E-state index in [1.165, 1.54) is 18.2 Å². The molecule has 0 spiro atoms. The SMILES string of the molecule is COc1cccc(C(=O)N2CCc3oc(-c4ccc(NC(=O)c5cccc(F)c5)cc4)cc3C2)c1. The van der Waals surface area contributed by atoms with Crippen LogP contribution in [0.1, 0.15) is 32.0 Å². The first-order valence-electron chi connectivity index (χ1n) is 11.2. The molecule has 2 heterocycles. The molecule has 5 rings (SSSR count). The summed E-state index contributed by atoms with van der Waals surface area (Å²) < 4.78 is 24.7. The summed E-state index contributed by atoms with van der Waals surface area (Å²) in [6.45, 7) is 1.04. The topological polar surface area (TPSA) is 71.8 Å². The minimum absolute atomic E-state index is 0.0457. The van der Waals surface area contributed by atoms with Crippen LogP contribution >= 0.6 is 0 Å². The second-order valence-corrected chi connectivity index (χ2v) is 8.31. The number of nitrogens with zero attached hydrogens (tertiary/aromatic N) is 1. The maximum Gasteiger partial charge on any atom is 0.255 e. The molecule has 0 radical (unpaired) electrons. The average Bonchev–Trinajstić information content (AvgIpc) is 3.32. The zero-order valence-corrected chi connectivity index (χ0v) is 19.1. The number of carbonyl (C=O) groups is 2. The minimum atomic E-state index is -0.460. The number of carbonyl (C=O) groups excluding carboxylic acids is 2. The Bertz CT molecular complexity index is 1390.